The molecule has 2 amide bonds. The van der Waals surface area contributed by atoms with Crippen LogP contribution in [0.1, 0.15) is 23.7 Å². The van der Waals surface area contributed by atoms with Gasteiger partial charge < -0.3 is 4.74 Å². The van der Waals surface area contributed by atoms with Crippen LogP contribution >= 0.6 is 0 Å². The van der Waals surface area contributed by atoms with E-state index in [9.17, 15) is 14.4 Å². The van der Waals surface area contributed by atoms with Crippen LogP contribution in [0.4, 0.5) is 5.69 Å². The average molecular weight is 311 g/mol. The van der Waals surface area contributed by atoms with Crippen LogP contribution in [0.2, 0.25) is 0 Å². The van der Waals surface area contributed by atoms with Crippen molar-refractivity contribution in [2.45, 2.75) is 13.3 Å². The second-order valence-corrected chi connectivity index (χ2v) is 6.28. The first-order valence-corrected chi connectivity index (χ1v) is 7.95. The molecule has 4 atom stereocenters. The third-order valence-electron chi connectivity index (χ3n) is 5.09. The molecule has 2 aliphatic carbocycles. The number of imide groups is 1. The number of benzene rings is 1. The minimum Gasteiger partial charge on any atom is -0.462 e. The molecule has 0 unspecified atom stereocenters. The van der Waals surface area contributed by atoms with Crippen molar-refractivity contribution < 1.29 is 19.1 Å². The number of hydrogen-bond acceptors (Lipinski definition) is 4. The zero-order valence-corrected chi connectivity index (χ0v) is 12.8. The molecule has 23 heavy (non-hydrogen) atoms. The van der Waals surface area contributed by atoms with Gasteiger partial charge in [0, 0.05) is 0 Å². The van der Waals surface area contributed by atoms with Gasteiger partial charge >= 0.3 is 5.97 Å². The summed E-state index contributed by atoms with van der Waals surface area (Å²) in [4.78, 5) is 38.6. The number of esters is 1. The van der Waals surface area contributed by atoms with E-state index >= 15 is 0 Å². The number of rotatable bonds is 3. The molecule has 1 aromatic carbocycles. The van der Waals surface area contributed by atoms with Crippen LogP contribution in [0.3, 0.4) is 0 Å². The van der Waals surface area contributed by atoms with E-state index in [1.54, 1.807) is 31.2 Å². The fourth-order valence-corrected chi connectivity index (χ4v) is 4.14. The lowest BCUT2D eigenvalue weighted by molar-refractivity contribution is -0.123. The molecule has 0 radical (unpaired) electrons. The summed E-state index contributed by atoms with van der Waals surface area (Å²) in [5.41, 5.74) is 0.808. The molecule has 5 nitrogen and oxygen atoms in total. The van der Waals surface area contributed by atoms with Crippen molar-refractivity contribution in [3.05, 3.63) is 42.0 Å². The highest BCUT2D eigenvalue weighted by Gasteiger charge is 2.59. The van der Waals surface area contributed by atoms with Crippen LogP contribution in [0, 0.1) is 23.7 Å². The molecule has 4 rings (SSSR count). The Bertz CT molecular complexity index is 708. The van der Waals surface area contributed by atoms with Gasteiger partial charge in [0.15, 0.2) is 0 Å². The fourth-order valence-electron chi connectivity index (χ4n) is 4.14. The number of amides is 2. The van der Waals surface area contributed by atoms with Crippen molar-refractivity contribution in [3.8, 4) is 0 Å². The van der Waals surface area contributed by atoms with Crippen LogP contribution in [-0.4, -0.2) is 24.4 Å². The lowest BCUT2D eigenvalue weighted by Crippen LogP contribution is -2.33. The van der Waals surface area contributed by atoms with Gasteiger partial charge in [0.2, 0.25) is 11.8 Å². The van der Waals surface area contributed by atoms with Crippen LogP contribution in [-0.2, 0) is 14.3 Å². The predicted octanol–water partition coefficient (Wildman–Crippen LogP) is 2.17. The minimum absolute atomic E-state index is 0.141. The van der Waals surface area contributed by atoms with Crippen LogP contribution in [0.5, 0.6) is 0 Å². The molecular formula is C18H17NO4. The van der Waals surface area contributed by atoms with E-state index in [2.05, 4.69) is 12.2 Å². The second kappa shape index (κ2) is 5.05. The first kappa shape index (κ1) is 14.2. The number of nitrogens with zero attached hydrogens (tertiary/aromatic N) is 1. The summed E-state index contributed by atoms with van der Waals surface area (Å²) in [5.74, 6) is -0.835. The first-order chi connectivity index (χ1) is 11.1. The van der Waals surface area contributed by atoms with Crippen LogP contribution in [0.25, 0.3) is 0 Å². The van der Waals surface area contributed by atoms with Gasteiger partial charge in [0.1, 0.15) is 0 Å². The smallest absolute Gasteiger partial charge is 0.338 e. The predicted molar refractivity (Wildman–Crippen MR) is 82.6 cm³/mol. The molecule has 2 bridgehead atoms. The Balaban J connectivity index is 1.67. The van der Waals surface area contributed by atoms with Crippen LogP contribution < -0.4 is 4.90 Å². The van der Waals surface area contributed by atoms with Gasteiger partial charge in [0.05, 0.1) is 29.7 Å². The summed E-state index contributed by atoms with van der Waals surface area (Å²) in [6, 6.07) is 6.54. The van der Waals surface area contributed by atoms with Crippen molar-refractivity contribution in [1.82, 2.24) is 0 Å². The Hall–Kier alpha value is -2.43. The Morgan fingerprint density at radius 2 is 1.83 bits per heavy atom. The van der Waals surface area contributed by atoms with Gasteiger partial charge in [-0.2, -0.15) is 0 Å². The molecule has 5 heteroatoms. The van der Waals surface area contributed by atoms with E-state index in [0.29, 0.717) is 11.3 Å². The maximum atomic E-state index is 12.7. The zero-order valence-electron chi connectivity index (χ0n) is 12.8. The van der Waals surface area contributed by atoms with Gasteiger partial charge in [-0.1, -0.05) is 18.2 Å². The molecule has 1 saturated carbocycles. The molecule has 0 aromatic heterocycles. The SMILES string of the molecule is CCOC(=O)c1cccc(N2C(=O)[C@H]3[C@H](C2=O)[C@H]2C=C[C@H]3C2)c1. The Morgan fingerprint density at radius 3 is 2.43 bits per heavy atom. The molecule has 2 fully saturated rings. The molecule has 1 aliphatic heterocycles. The normalized spacial score (nSPS) is 30.9. The summed E-state index contributed by atoms with van der Waals surface area (Å²) in [5, 5.41) is 0. The number of carbonyl (C=O) groups excluding carboxylic acids is 3. The number of anilines is 1. The standard InChI is InChI=1S/C18H17NO4/c1-2-23-18(22)12-4-3-5-13(9-12)19-16(20)14-10-6-7-11(8-10)15(14)17(19)21/h3-7,9-11,14-15H,2,8H2,1H3/t10-,11-,14+,15+/m0/s1. The number of fused-ring (bicyclic) bond motifs is 5. The van der Waals surface area contributed by atoms with Crippen LogP contribution in [0.15, 0.2) is 36.4 Å². The summed E-state index contributed by atoms with van der Waals surface area (Å²) in [6.07, 6.45) is 5.04. The topological polar surface area (TPSA) is 63.7 Å². The van der Waals surface area contributed by atoms with Crippen molar-refractivity contribution in [2.75, 3.05) is 11.5 Å². The van der Waals surface area contributed by atoms with E-state index in [1.807, 2.05) is 0 Å². The molecule has 0 N–H and O–H groups in total. The summed E-state index contributed by atoms with van der Waals surface area (Å²) in [6.45, 7) is 2.02. The monoisotopic (exact) mass is 311 g/mol. The molecule has 0 spiro atoms. The van der Waals surface area contributed by atoms with E-state index in [4.69, 9.17) is 4.74 Å². The highest BCUT2D eigenvalue weighted by atomic mass is 16.5. The van der Waals surface area contributed by atoms with Gasteiger partial charge in [0.25, 0.3) is 0 Å². The van der Waals surface area contributed by atoms with E-state index in [0.717, 1.165) is 6.42 Å². The van der Waals surface area contributed by atoms with Gasteiger partial charge in [-0.05, 0) is 43.4 Å². The number of carbonyl (C=O) groups is 3. The zero-order chi connectivity index (χ0) is 16.1. The second-order valence-electron chi connectivity index (χ2n) is 6.28. The molecule has 1 heterocycles. The first-order valence-electron chi connectivity index (χ1n) is 7.95. The van der Waals surface area contributed by atoms with Crippen molar-refractivity contribution >= 4 is 23.5 Å². The fraction of sp³-hybridized carbons (Fsp3) is 0.389. The third kappa shape index (κ3) is 1.96. The van der Waals surface area contributed by atoms with E-state index in [1.165, 1.54) is 4.90 Å². The minimum atomic E-state index is -0.449. The quantitative estimate of drug-likeness (QED) is 0.487. The Kier molecular flexibility index (Phi) is 3.11. The summed E-state index contributed by atoms with van der Waals surface area (Å²) < 4.78 is 4.98. The highest BCUT2D eigenvalue weighted by molar-refractivity contribution is 6.23. The molecule has 1 aromatic rings. The lowest BCUT2D eigenvalue weighted by atomic mass is 9.85. The van der Waals surface area contributed by atoms with Crippen molar-refractivity contribution in [3.63, 3.8) is 0 Å². The van der Waals surface area contributed by atoms with Crippen molar-refractivity contribution in [2.24, 2.45) is 23.7 Å². The molecule has 1 saturated heterocycles. The molecule has 118 valence electrons. The molecular weight excluding hydrogens is 294 g/mol. The Morgan fingerprint density at radius 1 is 1.17 bits per heavy atom. The third-order valence-corrected chi connectivity index (χ3v) is 5.09. The van der Waals surface area contributed by atoms with Gasteiger partial charge in [-0.3, -0.25) is 9.59 Å². The number of ether oxygens (including phenoxy) is 1. The number of hydrogen-bond donors (Lipinski definition) is 0. The largest absolute Gasteiger partial charge is 0.462 e. The summed E-state index contributed by atoms with van der Waals surface area (Å²) >= 11 is 0. The highest BCUT2D eigenvalue weighted by Crippen LogP contribution is 2.53. The summed E-state index contributed by atoms with van der Waals surface area (Å²) in [7, 11) is 0. The average Bonchev–Trinajstić information content (AvgIpc) is 3.22. The Labute approximate surface area is 133 Å². The van der Waals surface area contributed by atoms with Crippen molar-refractivity contribution in [1.29, 1.82) is 0 Å². The maximum absolute atomic E-state index is 12.7. The maximum Gasteiger partial charge on any atom is 0.338 e. The van der Waals surface area contributed by atoms with E-state index in [-0.39, 0.29) is 42.1 Å². The number of allylic oxidation sites excluding steroid dienone is 2. The van der Waals surface area contributed by atoms with E-state index < -0.39 is 5.97 Å². The van der Waals surface area contributed by atoms with Gasteiger partial charge in [-0.15, -0.1) is 0 Å². The van der Waals surface area contributed by atoms with Gasteiger partial charge in [-0.25, -0.2) is 9.69 Å². The lowest BCUT2D eigenvalue weighted by Gasteiger charge is -2.17. The molecule has 3 aliphatic rings.